The average molecular weight is 391 g/mol. The van der Waals surface area contributed by atoms with Gasteiger partial charge < -0.3 is 20.1 Å². The van der Waals surface area contributed by atoms with Crippen LogP contribution in [0.15, 0.2) is 23.2 Å². The monoisotopic (exact) mass is 391 g/mol. The van der Waals surface area contributed by atoms with Crippen molar-refractivity contribution in [3.63, 3.8) is 0 Å². The number of ether oxygens (including phenoxy) is 2. The van der Waals surface area contributed by atoms with Gasteiger partial charge in [-0.2, -0.15) is 0 Å². The van der Waals surface area contributed by atoms with Crippen molar-refractivity contribution in [2.75, 3.05) is 19.9 Å². The summed E-state index contributed by atoms with van der Waals surface area (Å²) in [6, 6.07) is 5.93. The molecule has 2 N–H and O–H groups in total. The van der Waals surface area contributed by atoms with E-state index in [0.29, 0.717) is 13.3 Å². The Morgan fingerprint density at radius 1 is 1.20 bits per heavy atom. The maximum atomic E-state index is 5.36. The first-order chi connectivity index (χ1) is 9.33. The normalized spacial score (nSPS) is 12.8. The lowest BCUT2D eigenvalue weighted by atomic mass is 10.2. The van der Waals surface area contributed by atoms with Crippen LogP contribution in [-0.2, 0) is 6.54 Å². The van der Waals surface area contributed by atoms with E-state index in [-0.39, 0.29) is 24.0 Å². The van der Waals surface area contributed by atoms with Gasteiger partial charge in [0.05, 0.1) is 6.54 Å². The largest absolute Gasteiger partial charge is 0.454 e. The maximum Gasteiger partial charge on any atom is 0.231 e. The maximum absolute atomic E-state index is 5.36. The number of rotatable bonds is 5. The number of guanidine groups is 1. The second-order valence-electron chi connectivity index (χ2n) is 4.31. The molecule has 1 aliphatic heterocycles. The fourth-order valence-corrected chi connectivity index (χ4v) is 1.79. The van der Waals surface area contributed by atoms with E-state index >= 15 is 0 Å². The minimum atomic E-state index is 0. The molecule has 0 spiro atoms. The van der Waals surface area contributed by atoms with Crippen molar-refractivity contribution in [1.82, 2.24) is 10.6 Å². The molecule has 0 aromatic heterocycles. The Labute approximate surface area is 137 Å². The Kier molecular flexibility index (Phi) is 7.50. The molecule has 0 saturated carbocycles. The van der Waals surface area contributed by atoms with Gasteiger partial charge in [0, 0.05) is 13.1 Å². The number of fused-ring (bicyclic) bond motifs is 1. The first-order valence-electron chi connectivity index (χ1n) is 6.74. The van der Waals surface area contributed by atoms with Crippen LogP contribution in [-0.4, -0.2) is 25.8 Å². The van der Waals surface area contributed by atoms with Gasteiger partial charge in [-0.3, -0.25) is 0 Å². The molecular formula is C14H22IN3O2. The van der Waals surface area contributed by atoms with Gasteiger partial charge in [0.2, 0.25) is 6.79 Å². The molecule has 0 atom stereocenters. The summed E-state index contributed by atoms with van der Waals surface area (Å²) in [6.07, 6.45) is 1.08. The molecule has 0 amide bonds. The van der Waals surface area contributed by atoms with Crippen LogP contribution in [0.25, 0.3) is 0 Å². The molecule has 1 aromatic rings. The predicted molar refractivity (Wildman–Crippen MR) is 91.1 cm³/mol. The number of nitrogens with one attached hydrogen (secondary N) is 2. The van der Waals surface area contributed by atoms with E-state index < -0.39 is 0 Å². The van der Waals surface area contributed by atoms with E-state index in [2.05, 4.69) is 29.5 Å². The highest BCUT2D eigenvalue weighted by Crippen LogP contribution is 2.32. The van der Waals surface area contributed by atoms with Crippen molar-refractivity contribution in [1.29, 1.82) is 0 Å². The van der Waals surface area contributed by atoms with Gasteiger partial charge in [0.1, 0.15) is 0 Å². The Morgan fingerprint density at radius 2 is 2.00 bits per heavy atom. The molecule has 1 heterocycles. The van der Waals surface area contributed by atoms with Crippen LogP contribution in [0, 0.1) is 0 Å². The summed E-state index contributed by atoms with van der Waals surface area (Å²) in [5, 5.41) is 6.50. The Balaban J connectivity index is 0.00000200. The van der Waals surface area contributed by atoms with E-state index in [9.17, 15) is 0 Å². The predicted octanol–water partition coefficient (Wildman–Crippen LogP) is 2.50. The number of nitrogens with zero attached hydrogens (tertiary/aromatic N) is 1. The zero-order valence-corrected chi connectivity index (χ0v) is 14.3. The molecule has 5 nitrogen and oxygen atoms in total. The first kappa shape index (κ1) is 16.9. The van der Waals surface area contributed by atoms with Crippen molar-refractivity contribution >= 4 is 29.9 Å². The smallest absolute Gasteiger partial charge is 0.231 e. The third-order valence-electron chi connectivity index (χ3n) is 2.74. The van der Waals surface area contributed by atoms with Gasteiger partial charge in [-0.05, 0) is 31.0 Å². The summed E-state index contributed by atoms with van der Waals surface area (Å²) in [5.41, 5.74) is 1.11. The van der Waals surface area contributed by atoms with Gasteiger partial charge in [0.25, 0.3) is 0 Å². The third kappa shape index (κ3) is 4.73. The average Bonchev–Trinajstić information content (AvgIpc) is 2.89. The van der Waals surface area contributed by atoms with Crippen molar-refractivity contribution in [2.45, 2.75) is 26.8 Å². The Morgan fingerprint density at radius 3 is 2.75 bits per heavy atom. The highest BCUT2D eigenvalue weighted by molar-refractivity contribution is 14.0. The molecular weight excluding hydrogens is 369 g/mol. The summed E-state index contributed by atoms with van der Waals surface area (Å²) in [5.74, 6) is 2.46. The third-order valence-corrected chi connectivity index (χ3v) is 2.74. The van der Waals surface area contributed by atoms with Crippen molar-refractivity contribution < 1.29 is 9.47 Å². The lowest BCUT2D eigenvalue weighted by Gasteiger charge is -2.10. The lowest BCUT2D eigenvalue weighted by Crippen LogP contribution is -2.37. The molecule has 0 unspecified atom stereocenters. The van der Waals surface area contributed by atoms with E-state index in [0.717, 1.165) is 42.5 Å². The Bertz CT molecular complexity index is 452. The minimum Gasteiger partial charge on any atom is -0.454 e. The summed E-state index contributed by atoms with van der Waals surface area (Å²) < 4.78 is 10.6. The van der Waals surface area contributed by atoms with Gasteiger partial charge in [-0.15, -0.1) is 24.0 Å². The molecule has 20 heavy (non-hydrogen) atoms. The summed E-state index contributed by atoms with van der Waals surface area (Å²) >= 11 is 0. The molecule has 0 bridgehead atoms. The molecule has 112 valence electrons. The van der Waals surface area contributed by atoms with E-state index in [1.165, 1.54) is 0 Å². The standard InChI is InChI=1S/C14H21N3O2.HI/c1-3-7-16-14(15-4-2)17-9-11-5-6-12-13(8-11)19-10-18-12;/h5-6,8H,3-4,7,9-10H2,1-2H3,(H2,15,16,17);1H. The molecule has 2 rings (SSSR count). The van der Waals surface area contributed by atoms with E-state index in [4.69, 9.17) is 9.47 Å². The number of halogens is 1. The summed E-state index contributed by atoms with van der Waals surface area (Å²) in [4.78, 5) is 4.54. The minimum absolute atomic E-state index is 0. The van der Waals surface area contributed by atoms with Crippen LogP contribution in [0.4, 0.5) is 0 Å². The van der Waals surface area contributed by atoms with Crippen molar-refractivity contribution in [3.8, 4) is 11.5 Å². The zero-order chi connectivity index (χ0) is 13.5. The van der Waals surface area contributed by atoms with E-state index in [1.807, 2.05) is 18.2 Å². The lowest BCUT2D eigenvalue weighted by molar-refractivity contribution is 0.174. The summed E-state index contributed by atoms with van der Waals surface area (Å²) in [7, 11) is 0. The Hall–Kier alpha value is -1.18. The van der Waals surface area contributed by atoms with E-state index in [1.54, 1.807) is 0 Å². The van der Waals surface area contributed by atoms with Crippen LogP contribution < -0.4 is 20.1 Å². The quantitative estimate of drug-likeness (QED) is 0.460. The molecule has 6 heteroatoms. The van der Waals surface area contributed by atoms with Crippen molar-refractivity contribution in [3.05, 3.63) is 23.8 Å². The van der Waals surface area contributed by atoms with Crippen LogP contribution in [0.5, 0.6) is 11.5 Å². The molecule has 0 saturated heterocycles. The topological polar surface area (TPSA) is 54.9 Å². The van der Waals surface area contributed by atoms with Gasteiger partial charge in [0.15, 0.2) is 17.5 Å². The van der Waals surface area contributed by atoms with Gasteiger partial charge in [-0.1, -0.05) is 13.0 Å². The molecule has 1 aliphatic rings. The molecule has 0 radical (unpaired) electrons. The number of aliphatic imine (C=N–C) groups is 1. The molecule has 1 aromatic carbocycles. The van der Waals surface area contributed by atoms with Crippen LogP contribution in [0.3, 0.4) is 0 Å². The number of benzene rings is 1. The number of hydrogen-bond acceptors (Lipinski definition) is 3. The van der Waals surface area contributed by atoms with Gasteiger partial charge >= 0.3 is 0 Å². The fourth-order valence-electron chi connectivity index (χ4n) is 1.79. The number of hydrogen-bond donors (Lipinski definition) is 2. The zero-order valence-electron chi connectivity index (χ0n) is 11.9. The second-order valence-corrected chi connectivity index (χ2v) is 4.31. The van der Waals surface area contributed by atoms with Crippen LogP contribution >= 0.6 is 24.0 Å². The van der Waals surface area contributed by atoms with Crippen LogP contribution in [0.2, 0.25) is 0 Å². The second kappa shape index (κ2) is 8.89. The van der Waals surface area contributed by atoms with Crippen LogP contribution in [0.1, 0.15) is 25.8 Å². The highest BCUT2D eigenvalue weighted by Gasteiger charge is 2.12. The molecule has 0 fully saturated rings. The van der Waals surface area contributed by atoms with Gasteiger partial charge in [-0.25, -0.2) is 4.99 Å². The highest BCUT2D eigenvalue weighted by atomic mass is 127. The fraction of sp³-hybridized carbons (Fsp3) is 0.500. The SMILES string of the molecule is CCCNC(=NCc1ccc2c(c1)OCO2)NCC.I. The van der Waals surface area contributed by atoms with Crippen molar-refractivity contribution in [2.24, 2.45) is 4.99 Å². The summed E-state index contributed by atoms with van der Waals surface area (Å²) in [6.45, 7) is 6.90. The molecule has 0 aliphatic carbocycles. The first-order valence-corrected chi connectivity index (χ1v) is 6.74.